The van der Waals surface area contributed by atoms with E-state index in [1.807, 2.05) is 25.1 Å². The van der Waals surface area contributed by atoms with Gasteiger partial charge in [-0.1, -0.05) is 12.1 Å². The van der Waals surface area contributed by atoms with Crippen LogP contribution in [0.2, 0.25) is 0 Å². The van der Waals surface area contributed by atoms with Crippen LogP contribution in [0.3, 0.4) is 0 Å². The number of aromatic nitrogens is 2. The van der Waals surface area contributed by atoms with E-state index in [4.69, 9.17) is 5.84 Å². The molecule has 0 aliphatic carbocycles. The summed E-state index contributed by atoms with van der Waals surface area (Å²) in [5.41, 5.74) is 3.64. The SMILES string of the molecule is CCN(Cc1ccccn1)C(=O)c1cccc(NN)n1. The lowest BCUT2D eigenvalue weighted by atomic mass is 10.2. The number of hydrogen-bond acceptors (Lipinski definition) is 5. The van der Waals surface area contributed by atoms with Crippen LogP contribution in [0.25, 0.3) is 0 Å². The first-order valence-electron chi connectivity index (χ1n) is 6.37. The van der Waals surface area contributed by atoms with E-state index in [9.17, 15) is 4.79 Å². The number of carbonyl (C=O) groups excluding carboxylic acids is 1. The third-order valence-electron chi connectivity index (χ3n) is 2.86. The summed E-state index contributed by atoms with van der Waals surface area (Å²) in [5.74, 6) is 5.62. The van der Waals surface area contributed by atoms with Crippen LogP contribution in [-0.4, -0.2) is 27.3 Å². The molecule has 2 aromatic rings. The summed E-state index contributed by atoms with van der Waals surface area (Å²) in [6, 6.07) is 10.7. The summed E-state index contributed by atoms with van der Waals surface area (Å²) in [4.78, 5) is 22.5. The predicted octanol–water partition coefficient (Wildman–Crippen LogP) is 1.42. The van der Waals surface area contributed by atoms with Gasteiger partial charge in [-0.05, 0) is 31.2 Å². The maximum Gasteiger partial charge on any atom is 0.272 e. The van der Waals surface area contributed by atoms with Crippen LogP contribution in [0, 0.1) is 0 Å². The molecule has 3 N–H and O–H groups in total. The molecule has 0 saturated carbocycles. The van der Waals surface area contributed by atoms with Crippen molar-refractivity contribution in [3.8, 4) is 0 Å². The Balaban J connectivity index is 2.16. The van der Waals surface area contributed by atoms with Gasteiger partial charge >= 0.3 is 0 Å². The summed E-state index contributed by atoms with van der Waals surface area (Å²) < 4.78 is 0. The third kappa shape index (κ3) is 3.30. The quantitative estimate of drug-likeness (QED) is 0.634. The number of hydrogen-bond donors (Lipinski definition) is 2. The Morgan fingerprint density at radius 2 is 2.15 bits per heavy atom. The van der Waals surface area contributed by atoms with E-state index < -0.39 is 0 Å². The first-order chi connectivity index (χ1) is 9.74. The van der Waals surface area contributed by atoms with E-state index in [1.54, 1.807) is 29.3 Å². The van der Waals surface area contributed by atoms with Gasteiger partial charge in [0.2, 0.25) is 0 Å². The standard InChI is InChI=1S/C14H17N5O/c1-2-19(10-11-6-3-4-9-16-11)14(20)12-7-5-8-13(17-12)18-15/h3-9H,2,10,15H2,1H3,(H,17,18). The van der Waals surface area contributed by atoms with Crippen LogP contribution in [0.15, 0.2) is 42.6 Å². The molecular weight excluding hydrogens is 254 g/mol. The first kappa shape index (κ1) is 14.0. The van der Waals surface area contributed by atoms with Crippen LogP contribution in [0.5, 0.6) is 0 Å². The van der Waals surface area contributed by atoms with Crippen LogP contribution < -0.4 is 11.3 Å². The number of amides is 1. The van der Waals surface area contributed by atoms with E-state index in [-0.39, 0.29) is 5.91 Å². The normalized spacial score (nSPS) is 10.1. The first-order valence-corrected chi connectivity index (χ1v) is 6.37. The Hall–Kier alpha value is -2.47. The number of rotatable bonds is 5. The topological polar surface area (TPSA) is 84.1 Å². The molecule has 2 rings (SSSR count). The molecule has 0 fully saturated rings. The lowest BCUT2D eigenvalue weighted by molar-refractivity contribution is 0.0745. The van der Waals surface area contributed by atoms with Crippen molar-refractivity contribution in [2.75, 3.05) is 12.0 Å². The van der Waals surface area contributed by atoms with Crippen LogP contribution in [0.4, 0.5) is 5.82 Å². The van der Waals surface area contributed by atoms with Gasteiger partial charge in [-0.3, -0.25) is 9.78 Å². The van der Waals surface area contributed by atoms with Gasteiger partial charge in [0.1, 0.15) is 11.5 Å². The monoisotopic (exact) mass is 271 g/mol. The molecule has 6 heteroatoms. The van der Waals surface area contributed by atoms with E-state index in [1.165, 1.54) is 0 Å². The molecule has 0 radical (unpaired) electrons. The minimum Gasteiger partial charge on any atom is -0.332 e. The minimum atomic E-state index is -0.143. The minimum absolute atomic E-state index is 0.143. The second-order valence-electron chi connectivity index (χ2n) is 4.19. The molecule has 6 nitrogen and oxygen atoms in total. The number of hydrazine groups is 1. The summed E-state index contributed by atoms with van der Waals surface area (Å²) in [5, 5.41) is 0. The molecule has 0 saturated heterocycles. The molecule has 0 aromatic carbocycles. The zero-order valence-electron chi connectivity index (χ0n) is 11.3. The molecule has 2 heterocycles. The summed E-state index contributed by atoms with van der Waals surface area (Å²) in [6.45, 7) is 2.96. The van der Waals surface area contributed by atoms with Crippen LogP contribution >= 0.6 is 0 Å². The van der Waals surface area contributed by atoms with Gasteiger partial charge in [0.25, 0.3) is 5.91 Å². The van der Waals surface area contributed by atoms with E-state index in [0.717, 1.165) is 5.69 Å². The van der Waals surface area contributed by atoms with Gasteiger partial charge in [-0.2, -0.15) is 0 Å². The number of carbonyl (C=O) groups is 1. The van der Waals surface area contributed by atoms with Crippen molar-refractivity contribution in [2.45, 2.75) is 13.5 Å². The molecular formula is C14H17N5O. The van der Waals surface area contributed by atoms with Gasteiger partial charge in [-0.25, -0.2) is 10.8 Å². The molecule has 0 atom stereocenters. The fraction of sp³-hybridized carbons (Fsp3) is 0.214. The van der Waals surface area contributed by atoms with Crippen molar-refractivity contribution in [2.24, 2.45) is 5.84 Å². The van der Waals surface area contributed by atoms with E-state index in [2.05, 4.69) is 15.4 Å². The summed E-state index contributed by atoms with van der Waals surface area (Å²) in [7, 11) is 0. The second kappa shape index (κ2) is 6.63. The maximum absolute atomic E-state index is 12.4. The Morgan fingerprint density at radius 3 is 2.80 bits per heavy atom. The summed E-state index contributed by atoms with van der Waals surface area (Å²) >= 11 is 0. The molecule has 2 aromatic heterocycles. The van der Waals surface area contributed by atoms with Gasteiger partial charge in [0, 0.05) is 12.7 Å². The number of pyridine rings is 2. The van der Waals surface area contributed by atoms with Crippen LogP contribution in [0.1, 0.15) is 23.1 Å². The van der Waals surface area contributed by atoms with Gasteiger partial charge in [0.05, 0.1) is 12.2 Å². The van der Waals surface area contributed by atoms with Crippen molar-refractivity contribution in [1.82, 2.24) is 14.9 Å². The molecule has 0 aliphatic heterocycles. The number of nitrogens with one attached hydrogen (secondary N) is 1. The highest BCUT2D eigenvalue weighted by molar-refractivity contribution is 5.92. The van der Waals surface area contributed by atoms with E-state index in [0.29, 0.717) is 24.6 Å². The number of anilines is 1. The maximum atomic E-state index is 12.4. The highest BCUT2D eigenvalue weighted by atomic mass is 16.2. The van der Waals surface area contributed by atoms with Crippen molar-refractivity contribution >= 4 is 11.7 Å². The lowest BCUT2D eigenvalue weighted by Gasteiger charge is -2.20. The molecule has 0 spiro atoms. The number of nitrogen functional groups attached to an aromatic ring is 1. The molecule has 0 unspecified atom stereocenters. The van der Waals surface area contributed by atoms with Gasteiger partial charge < -0.3 is 10.3 Å². The van der Waals surface area contributed by atoms with Crippen molar-refractivity contribution in [3.05, 3.63) is 54.0 Å². The fourth-order valence-electron chi connectivity index (χ4n) is 1.81. The molecule has 0 bridgehead atoms. The van der Waals surface area contributed by atoms with Gasteiger partial charge in [-0.15, -0.1) is 0 Å². The average molecular weight is 271 g/mol. The molecule has 1 amide bonds. The highest BCUT2D eigenvalue weighted by Gasteiger charge is 2.16. The Kier molecular flexibility index (Phi) is 4.62. The number of nitrogens with zero attached hydrogens (tertiary/aromatic N) is 3. The molecule has 0 aliphatic rings. The van der Waals surface area contributed by atoms with Crippen molar-refractivity contribution < 1.29 is 4.79 Å². The largest absolute Gasteiger partial charge is 0.332 e. The Labute approximate surface area is 117 Å². The van der Waals surface area contributed by atoms with Gasteiger partial charge in [0.15, 0.2) is 0 Å². The predicted molar refractivity (Wildman–Crippen MR) is 76.7 cm³/mol. The number of nitrogens with two attached hydrogens (primary N) is 1. The second-order valence-corrected chi connectivity index (χ2v) is 4.19. The lowest BCUT2D eigenvalue weighted by Crippen LogP contribution is -2.31. The molecule has 104 valence electrons. The highest BCUT2D eigenvalue weighted by Crippen LogP contribution is 2.09. The zero-order valence-corrected chi connectivity index (χ0v) is 11.3. The van der Waals surface area contributed by atoms with Crippen molar-refractivity contribution in [3.63, 3.8) is 0 Å². The van der Waals surface area contributed by atoms with Crippen LogP contribution in [-0.2, 0) is 6.54 Å². The average Bonchev–Trinajstić information content (AvgIpc) is 2.53. The Bertz CT molecular complexity index is 573. The van der Waals surface area contributed by atoms with E-state index >= 15 is 0 Å². The smallest absolute Gasteiger partial charge is 0.272 e. The zero-order chi connectivity index (χ0) is 14.4. The molecule has 20 heavy (non-hydrogen) atoms. The fourth-order valence-corrected chi connectivity index (χ4v) is 1.81. The third-order valence-corrected chi connectivity index (χ3v) is 2.86. The van der Waals surface area contributed by atoms with Crippen molar-refractivity contribution in [1.29, 1.82) is 0 Å². The summed E-state index contributed by atoms with van der Waals surface area (Å²) in [6.07, 6.45) is 1.71. The Morgan fingerprint density at radius 1 is 1.30 bits per heavy atom.